The van der Waals surface area contributed by atoms with Gasteiger partial charge in [0.05, 0.1) is 12.0 Å². The van der Waals surface area contributed by atoms with Gasteiger partial charge in [-0.25, -0.2) is 0 Å². The van der Waals surface area contributed by atoms with E-state index in [1.807, 2.05) is 0 Å². The molecule has 15 heavy (non-hydrogen) atoms. The quantitative estimate of drug-likeness (QED) is 0.776. The number of ether oxygens (including phenoxy) is 1. The van der Waals surface area contributed by atoms with Crippen LogP contribution in [-0.4, -0.2) is 12.9 Å². The molecular formula is C10H7ClO3S. The van der Waals surface area contributed by atoms with Crippen LogP contribution in [0.15, 0.2) is 28.7 Å². The van der Waals surface area contributed by atoms with E-state index in [1.54, 1.807) is 31.4 Å². The summed E-state index contributed by atoms with van der Waals surface area (Å²) in [5.41, 5.74) is 0. The third kappa shape index (κ3) is 2.06. The zero-order valence-corrected chi connectivity index (χ0v) is 9.39. The van der Waals surface area contributed by atoms with Crippen molar-refractivity contribution in [1.82, 2.24) is 0 Å². The van der Waals surface area contributed by atoms with Crippen LogP contribution < -0.4 is 4.74 Å². The first-order chi connectivity index (χ1) is 7.20. The van der Waals surface area contributed by atoms with E-state index in [2.05, 4.69) is 0 Å². The number of halogens is 1. The van der Waals surface area contributed by atoms with Crippen molar-refractivity contribution in [2.75, 3.05) is 7.11 Å². The SMILES string of the molecule is COc1ccc(C(=O)c2ccc(Cl)o2)s1. The maximum absolute atomic E-state index is 11.8. The lowest BCUT2D eigenvalue weighted by Gasteiger charge is -1.92. The number of ketones is 1. The average molecular weight is 243 g/mol. The summed E-state index contributed by atoms with van der Waals surface area (Å²) in [6.45, 7) is 0. The summed E-state index contributed by atoms with van der Waals surface area (Å²) in [5.74, 6) is 0.0553. The van der Waals surface area contributed by atoms with Crippen LogP contribution in [0.1, 0.15) is 15.4 Å². The molecule has 2 aromatic heterocycles. The van der Waals surface area contributed by atoms with Crippen LogP contribution in [0.4, 0.5) is 0 Å². The van der Waals surface area contributed by atoms with E-state index in [0.717, 1.165) is 0 Å². The summed E-state index contributed by atoms with van der Waals surface area (Å²) < 4.78 is 10.0. The highest BCUT2D eigenvalue weighted by molar-refractivity contribution is 7.16. The summed E-state index contributed by atoms with van der Waals surface area (Å²) >= 11 is 6.85. The normalized spacial score (nSPS) is 10.3. The standard InChI is InChI=1S/C10H7ClO3S/c1-13-9-5-3-7(15-9)10(12)6-2-4-8(11)14-6/h2-5H,1H3. The predicted molar refractivity (Wildman–Crippen MR) is 58.0 cm³/mol. The predicted octanol–water partition coefficient (Wildman–Crippen LogP) is 3.23. The second-order valence-corrected chi connectivity index (χ2v) is 4.17. The molecule has 2 rings (SSSR count). The molecular weight excluding hydrogens is 236 g/mol. The monoisotopic (exact) mass is 242 g/mol. The topological polar surface area (TPSA) is 39.4 Å². The van der Waals surface area contributed by atoms with E-state index in [0.29, 0.717) is 9.94 Å². The van der Waals surface area contributed by atoms with Crippen LogP contribution in [0.5, 0.6) is 5.06 Å². The number of furan rings is 1. The summed E-state index contributed by atoms with van der Waals surface area (Å²) in [4.78, 5) is 12.4. The Hall–Kier alpha value is -1.26. The van der Waals surface area contributed by atoms with Gasteiger partial charge in [-0.3, -0.25) is 4.79 Å². The van der Waals surface area contributed by atoms with Crippen molar-refractivity contribution in [1.29, 1.82) is 0 Å². The first-order valence-electron chi connectivity index (χ1n) is 4.14. The Kier molecular flexibility index (Phi) is 2.79. The molecule has 0 bridgehead atoms. The van der Waals surface area contributed by atoms with E-state index < -0.39 is 0 Å². The van der Waals surface area contributed by atoms with E-state index in [4.69, 9.17) is 20.8 Å². The zero-order valence-electron chi connectivity index (χ0n) is 7.82. The van der Waals surface area contributed by atoms with Gasteiger partial charge in [0.2, 0.25) is 5.78 Å². The fraction of sp³-hybridized carbons (Fsp3) is 0.100. The molecule has 0 aromatic carbocycles. The molecule has 0 amide bonds. The number of hydrogen-bond donors (Lipinski definition) is 0. The Balaban J connectivity index is 2.28. The molecule has 2 heterocycles. The summed E-state index contributed by atoms with van der Waals surface area (Å²) in [5, 5.41) is 0.901. The van der Waals surface area contributed by atoms with Gasteiger partial charge in [0.25, 0.3) is 0 Å². The van der Waals surface area contributed by atoms with E-state index in [-0.39, 0.29) is 16.8 Å². The lowest BCUT2D eigenvalue weighted by Crippen LogP contribution is -1.95. The molecule has 0 atom stereocenters. The molecule has 0 N–H and O–H groups in total. The van der Waals surface area contributed by atoms with Gasteiger partial charge in [-0.05, 0) is 35.9 Å². The Morgan fingerprint density at radius 3 is 2.73 bits per heavy atom. The summed E-state index contributed by atoms with van der Waals surface area (Å²) in [6.07, 6.45) is 0. The van der Waals surface area contributed by atoms with E-state index in [1.165, 1.54) is 11.3 Å². The van der Waals surface area contributed by atoms with Crippen molar-refractivity contribution in [3.8, 4) is 5.06 Å². The second kappa shape index (κ2) is 4.08. The zero-order chi connectivity index (χ0) is 10.8. The Labute approximate surface area is 95.2 Å². The lowest BCUT2D eigenvalue weighted by molar-refractivity contribution is 0.101. The first kappa shape index (κ1) is 10.3. The maximum atomic E-state index is 11.8. The van der Waals surface area contributed by atoms with Gasteiger partial charge >= 0.3 is 0 Å². The smallest absolute Gasteiger partial charge is 0.238 e. The van der Waals surface area contributed by atoms with Crippen LogP contribution in [0.2, 0.25) is 5.22 Å². The molecule has 0 fully saturated rings. The van der Waals surface area contributed by atoms with Crippen molar-refractivity contribution in [3.05, 3.63) is 40.1 Å². The largest absolute Gasteiger partial charge is 0.487 e. The first-order valence-corrected chi connectivity index (χ1v) is 5.34. The van der Waals surface area contributed by atoms with E-state index in [9.17, 15) is 4.79 Å². The molecule has 2 aromatic rings. The molecule has 0 aliphatic carbocycles. The molecule has 0 radical (unpaired) electrons. The van der Waals surface area contributed by atoms with Crippen LogP contribution >= 0.6 is 22.9 Å². The van der Waals surface area contributed by atoms with Crippen molar-refractivity contribution in [3.63, 3.8) is 0 Å². The number of rotatable bonds is 3. The third-order valence-electron chi connectivity index (χ3n) is 1.80. The maximum Gasteiger partial charge on any atom is 0.238 e. The third-order valence-corrected chi connectivity index (χ3v) is 3.05. The minimum atomic E-state index is -0.185. The Bertz CT molecular complexity index is 486. The molecule has 0 spiro atoms. The number of methoxy groups -OCH3 is 1. The van der Waals surface area contributed by atoms with Crippen LogP contribution in [-0.2, 0) is 0 Å². The van der Waals surface area contributed by atoms with Gasteiger partial charge in [0, 0.05) is 0 Å². The van der Waals surface area contributed by atoms with Crippen molar-refractivity contribution in [2.24, 2.45) is 0 Å². The highest BCUT2D eigenvalue weighted by Gasteiger charge is 2.15. The molecule has 5 heteroatoms. The molecule has 0 saturated heterocycles. The summed E-state index contributed by atoms with van der Waals surface area (Å²) in [6, 6.07) is 6.53. The Morgan fingerprint density at radius 1 is 1.40 bits per heavy atom. The molecule has 78 valence electrons. The number of thiophene rings is 1. The van der Waals surface area contributed by atoms with Gasteiger partial charge in [-0.2, -0.15) is 0 Å². The van der Waals surface area contributed by atoms with Crippen LogP contribution in [0.3, 0.4) is 0 Å². The number of carbonyl (C=O) groups excluding carboxylic acids is 1. The fourth-order valence-corrected chi connectivity index (χ4v) is 2.02. The highest BCUT2D eigenvalue weighted by Crippen LogP contribution is 2.27. The summed E-state index contributed by atoms with van der Waals surface area (Å²) in [7, 11) is 1.56. The fourth-order valence-electron chi connectivity index (χ4n) is 1.11. The van der Waals surface area contributed by atoms with Crippen LogP contribution in [0.25, 0.3) is 0 Å². The number of hydrogen-bond acceptors (Lipinski definition) is 4. The minimum Gasteiger partial charge on any atom is -0.487 e. The van der Waals surface area contributed by atoms with Gasteiger partial charge < -0.3 is 9.15 Å². The Morgan fingerprint density at radius 2 is 2.20 bits per heavy atom. The van der Waals surface area contributed by atoms with Crippen molar-refractivity contribution in [2.45, 2.75) is 0 Å². The van der Waals surface area contributed by atoms with Crippen molar-refractivity contribution >= 4 is 28.7 Å². The number of carbonyl (C=O) groups is 1. The van der Waals surface area contributed by atoms with E-state index >= 15 is 0 Å². The van der Waals surface area contributed by atoms with Gasteiger partial charge in [0.1, 0.15) is 0 Å². The van der Waals surface area contributed by atoms with Crippen LogP contribution in [0, 0.1) is 0 Å². The average Bonchev–Trinajstić information content (AvgIpc) is 2.84. The molecule has 0 aliphatic rings. The minimum absolute atomic E-state index is 0.185. The molecule has 3 nitrogen and oxygen atoms in total. The molecule has 0 unspecified atom stereocenters. The molecule has 0 saturated carbocycles. The molecule has 0 aliphatic heterocycles. The second-order valence-electron chi connectivity index (χ2n) is 2.76. The lowest BCUT2D eigenvalue weighted by atomic mass is 10.2. The van der Waals surface area contributed by atoms with Gasteiger partial charge in [-0.15, -0.1) is 0 Å². The highest BCUT2D eigenvalue weighted by atomic mass is 35.5. The van der Waals surface area contributed by atoms with Gasteiger partial charge in [0.15, 0.2) is 16.0 Å². The van der Waals surface area contributed by atoms with Crippen molar-refractivity contribution < 1.29 is 13.9 Å². The van der Waals surface area contributed by atoms with Gasteiger partial charge in [-0.1, -0.05) is 11.3 Å².